The van der Waals surface area contributed by atoms with Gasteiger partial charge in [0.05, 0.1) is 25.6 Å². The van der Waals surface area contributed by atoms with Crippen LogP contribution < -0.4 is 45.5 Å². The van der Waals surface area contributed by atoms with Gasteiger partial charge in [0.15, 0.2) is 69.6 Å². The second-order valence-electron chi connectivity index (χ2n) is 20.5. The van der Waals surface area contributed by atoms with Gasteiger partial charge in [0, 0.05) is 18.1 Å². The predicted molar refractivity (Wildman–Crippen MR) is 278 cm³/mol. The number of anilines is 3. The molecule has 0 bridgehead atoms. The molecule has 0 radical (unpaired) electrons. The van der Waals surface area contributed by atoms with Crippen LogP contribution in [0.15, 0.2) is 31.6 Å². The molecule has 3 aliphatic carbocycles. The molecule has 6 aromatic rings. The number of aliphatic hydroxyl groups excluding tert-OH is 6. The van der Waals surface area contributed by atoms with Crippen molar-refractivity contribution in [1.29, 1.82) is 0 Å². The van der Waals surface area contributed by atoms with Gasteiger partial charge in [-0.05, 0) is 50.1 Å². The Bertz CT molecular complexity index is 3340. The third kappa shape index (κ3) is 14.2. The molecule has 9 N–H and O–H groups in total. The second-order valence-corrected chi connectivity index (χ2v) is 21.9. The zero-order valence-corrected chi connectivity index (χ0v) is 48.3. The maximum atomic E-state index is 10.6. The van der Waals surface area contributed by atoms with Gasteiger partial charge in [0.25, 0.3) is 10.2 Å². The van der Waals surface area contributed by atoms with Crippen LogP contribution >= 0.6 is 11.6 Å². The van der Waals surface area contributed by atoms with Crippen molar-refractivity contribution in [2.75, 3.05) is 35.8 Å². The maximum absolute atomic E-state index is 10.6. The van der Waals surface area contributed by atoms with Gasteiger partial charge in [-0.3, -0.25) is 17.9 Å². The number of nitrogens with one attached hydrogen (secondary N) is 3. The summed E-state index contributed by atoms with van der Waals surface area (Å²) in [7, 11) is -4.95. The summed E-state index contributed by atoms with van der Waals surface area (Å²) in [4.78, 5) is 67.5. The summed E-state index contributed by atoms with van der Waals surface area (Å²) >= 11 is 6.07. The van der Waals surface area contributed by atoms with Crippen LogP contribution in [0.2, 0.25) is 5.28 Å². The molecule has 3 aliphatic heterocycles. The van der Waals surface area contributed by atoms with Gasteiger partial charge in [-0.2, -0.15) is 9.97 Å². The van der Waals surface area contributed by atoms with Crippen LogP contribution in [0.3, 0.4) is 0 Å². The number of aromatic nitrogens is 12. The quantitative estimate of drug-likeness (QED) is 0.0103. The molecule has 84 heavy (non-hydrogen) atoms. The maximum Gasteiger partial charge on any atom is 1.00 e. The molecule has 0 amide bonds. The Kier molecular flexibility index (Phi) is 20.4. The van der Waals surface area contributed by atoms with Crippen LogP contribution in [0.1, 0.15) is 95.7 Å². The summed E-state index contributed by atoms with van der Waals surface area (Å²) in [5.41, 5.74) is 2.59. The zero-order chi connectivity index (χ0) is 58.7. The molecular weight excluding hydrogens is 1170 g/mol. The van der Waals surface area contributed by atoms with Crippen LogP contribution in [0.5, 0.6) is 0 Å². The summed E-state index contributed by atoms with van der Waals surface area (Å²) in [6.07, 6.45) is 5.46. The van der Waals surface area contributed by atoms with Crippen LogP contribution in [0.25, 0.3) is 33.5 Å². The van der Waals surface area contributed by atoms with Crippen molar-refractivity contribution in [3.63, 3.8) is 0 Å². The number of nitrogens with zero attached hydrogens (tertiary/aromatic N) is 14. The minimum absolute atomic E-state index is 0. The van der Waals surface area contributed by atoms with Crippen molar-refractivity contribution in [2.24, 2.45) is 0 Å². The van der Waals surface area contributed by atoms with Crippen molar-refractivity contribution in [3.8, 4) is 0 Å². The average molecular weight is 1230 g/mol. The molecule has 452 valence electrons. The van der Waals surface area contributed by atoms with Crippen LogP contribution in [-0.2, 0) is 38.5 Å². The molecule has 0 unspecified atom stereocenters. The molecule has 3 saturated heterocycles. The number of imidazole rings is 3. The Labute approximate surface area is 502 Å². The van der Waals surface area contributed by atoms with E-state index in [2.05, 4.69) is 74.7 Å². The third-order valence-corrected chi connectivity index (χ3v) is 15.7. The molecular formula is C45H59ClN17NaO19S. The Balaban J connectivity index is 0.000000150. The van der Waals surface area contributed by atoms with Gasteiger partial charge < -0.3 is 75.0 Å². The monoisotopic (exact) mass is 1230 g/mol. The number of rotatable bonds is 18. The SMILES string of the molecule is O=S(=O)([O-])OC[C@H]1O[C@@H](n2cnc3c(NC4CCCC4)ncnc32)[C@H](O)[C@@H]1O.O=[N+]([O-])OC[C@H]1O[C@@H](n2cnc3c(NC4CCCC4)nc(Cl)nc32)[C@H](O)[C@@H]1O.O=[N+]([O-])OC[C@H]1O[C@@H](n2cnc3c(NC4CCCC4)ncnc32)[C@H](O)[C@@H]1O.[Na+]. The van der Waals surface area contributed by atoms with Crippen molar-refractivity contribution >= 4 is 72.9 Å². The van der Waals surface area contributed by atoms with E-state index in [4.69, 9.17) is 25.8 Å². The number of fused-ring (bicyclic) bond motifs is 3. The number of ether oxygens (including phenoxy) is 3. The minimum Gasteiger partial charge on any atom is -0.726 e. The van der Waals surface area contributed by atoms with E-state index in [9.17, 15) is 63.8 Å². The summed E-state index contributed by atoms with van der Waals surface area (Å²) in [6, 6.07) is 0.930. The molecule has 36 nitrogen and oxygen atoms in total. The van der Waals surface area contributed by atoms with Crippen LogP contribution in [-0.4, -0.2) is 205 Å². The molecule has 6 fully saturated rings. The fourth-order valence-corrected chi connectivity index (χ4v) is 11.4. The molecule has 0 aromatic carbocycles. The Hall–Kier alpha value is -5.75. The van der Waals surface area contributed by atoms with E-state index in [0.717, 1.165) is 64.2 Å². The van der Waals surface area contributed by atoms with E-state index in [1.807, 2.05) is 0 Å². The van der Waals surface area contributed by atoms with E-state index in [1.165, 1.54) is 58.2 Å². The normalized spacial score (nSPS) is 28.2. The van der Waals surface area contributed by atoms with Gasteiger partial charge >= 0.3 is 29.6 Å². The average Bonchev–Trinajstić information content (AvgIpc) is 2.41. The topological polar surface area (TPSA) is 487 Å². The largest absolute Gasteiger partial charge is 1.00 e. The van der Waals surface area contributed by atoms with Crippen molar-refractivity contribution in [2.45, 2.75) is 169 Å². The smallest absolute Gasteiger partial charge is 0.726 e. The summed E-state index contributed by atoms with van der Waals surface area (Å²) in [5, 5.41) is 90.1. The zero-order valence-electron chi connectivity index (χ0n) is 44.7. The van der Waals surface area contributed by atoms with E-state index < -0.39 is 114 Å². The minimum atomic E-state index is -4.95. The summed E-state index contributed by atoms with van der Waals surface area (Å²) in [6.45, 7) is -1.72. The Morgan fingerprint density at radius 3 is 1.25 bits per heavy atom. The third-order valence-electron chi connectivity index (χ3n) is 15.1. The molecule has 6 aliphatic rings. The first-order chi connectivity index (χ1) is 39.8. The molecule has 12 rings (SSSR count). The standard InChI is InChI=1S/C15H19ClN6O6.C15H20N6O6.C15H21N5O7S.Na/c16-15-19-12(18-7-3-1-2-4-7)9-13(20-15)21(6-17-9)14-11(24)10(23)8(28-14)5-27-22(25)26;22-11-9(5-26-21(24)25)27-15(12(11)23)20-7-18-10-13(16-6-17-14(10)20)19-8-3-1-2-4-8;21-11-9(5-26-28(23,24)25)27-15(12(11)22)20-7-18-10-13(16-6-17-14(10)20)19-8-3-1-2-4-8;/h6-8,10-11,14,23-24H,1-5H2,(H,18,19,20);6-9,11-12,15,22-23H,1-5H2,(H,16,17,19);6-9,11-12,15,21-22H,1-5H2,(H,16,17,19)(H,23,24,25);/q;;;+1/p-1/t8-,10-,11-,14-;2*9-,11-,12-,15-;/m111./s1. The molecule has 39 heteroatoms. The number of hydrogen-bond acceptors (Lipinski definition) is 31. The first-order valence-corrected chi connectivity index (χ1v) is 28.3. The summed E-state index contributed by atoms with van der Waals surface area (Å²) in [5.74, 6) is 1.66. The van der Waals surface area contributed by atoms with E-state index >= 15 is 0 Å². The van der Waals surface area contributed by atoms with Crippen LogP contribution in [0, 0.1) is 20.2 Å². The van der Waals surface area contributed by atoms with Crippen LogP contribution in [0.4, 0.5) is 17.5 Å². The Morgan fingerprint density at radius 1 is 0.536 bits per heavy atom. The molecule has 12 atom stereocenters. The fourth-order valence-electron chi connectivity index (χ4n) is 11.0. The fraction of sp³-hybridized carbons (Fsp3) is 0.667. The second kappa shape index (κ2) is 27.3. The first kappa shape index (κ1) is 62.8. The Morgan fingerprint density at radius 2 is 0.881 bits per heavy atom. The van der Waals surface area contributed by atoms with Gasteiger partial charge in [0.2, 0.25) is 15.7 Å². The molecule has 9 heterocycles. The molecule has 6 aromatic heterocycles. The van der Waals surface area contributed by atoms with Gasteiger partial charge in [0.1, 0.15) is 80.8 Å². The van der Waals surface area contributed by atoms with E-state index in [-0.39, 0.29) is 40.9 Å². The molecule has 3 saturated carbocycles. The van der Waals surface area contributed by atoms with E-state index in [0.29, 0.717) is 63.0 Å². The summed E-state index contributed by atoms with van der Waals surface area (Å²) < 4.78 is 57.0. The van der Waals surface area contributed by atoms with Crippen molar-refractivity contribution in [1.82, 2.24) is 58.6 Å². The molecule has 0 spiro atoms. The van der Waals surface area contributed by atoms with E-state index in [1.54, 1.807) is 0 Å². The van der Waals surface area contributed by atoms with Gasteiger partial charge in [-0.1, -0.05) is 38.5 Å². The van der Waals surface area contributed by atoms with Crippen molar-refractivity contribution in [3.05, 3.63) is 57.1 Å². The van der Waals surface area contributed by atoms with Crippen molar-refractivity contribution < 1.29 is 111 Å². The number of halogens is 1. The van der Waals surface area contributed by atoms with Gasteiger partial charge in [-0.15, -0.1) is 20.2 Å². The van der Waals surface area contributed by atoms with Gasteiger partial charge in [-0.25, -0.2) is 43.3 Å². The number of hydrogen-bond donors (Lipinski definition) is 9. The predicted octanol–water partition coefficient (Wildman–Crippen LogP) is -3.05. The number of aliphatic hydroxyl groups is 6. The first-order valence-electron chi connectivity index (χ1n) is 26.6.